The molecule has 1 heterocycles. The van der Waals surface area contributed by atoms with Gasteiger partial charge in [-0.3, -0.25) is 4.79 Å². The molecule has 1 aromatic carbocycles. The first kappa shape index (κ1) is 12.9. The lowest BCUT2D eigenvalue weighted by molar-refractivity contribution is 0.0790. The maximum Gasteiger partial charge on any atom is 0.264 e. The second-order valence-corrected chi connectivity index (χ2v) is 5.68. The summed E-state index contributed by atoms with van der Waals surface area (Å²) in [6, 6.07) is 11.0. The number of anilines is 1. The largest absolute Gasteiger partial charge is 0.398 e. The number of carbonyl (C=O) groups is 1. The molecule has 3 nitrogen and oxygen atoms in total. The van der Waals surface area contributed by atoms with Crippen LogP contribution in [0.5, 0.6) is 0 Å². The number of nitrogens with two attached hydrogens (primary N) is 1. The summed E-state index contributed by atoms with van der Waals surface area (Å²) >= 11 is 7.10. The zero-order valence-electron chi connectivity index (χ0n) is 9.89. The number of benzene rings is 1. The van der Waals surface area contributed by atoms with Crippen molar-refractivity contribution in [1.29, 1.82) is 0 Å². The standard InChI is InChI=1S/C13H13ClN2OS/c1-16(8-9-4-2-3-5-10(9)15)13(17)11-6-7-12(14)18-11/h2-7H,8,15H2,1H3. The van der Waals surface area contributed by atoms with Gasteiger partial charge >= 0.3 is 0 Å². The zero-order chi connectivity index (χ0) is 13.1. The van der Waals surface area contributed by atoms with E-state index in [1.807, 2.05) is 24.3 Å². The molecule has 0 bridgehead atoms. The Morgan fingerprint density at radius 2 is 2.06 bits per heavy atom. The quantitative estimate of drug-likeness (QED) is 0.877. The van der Waals surface area contributed by atoms with Crippen molar-refractivity contribution in [2.75, 3.05) is 12.8 Å². The molecule has 0 aliphatic carbocycles. The average Bonchev–Trinajstić information content (AvgIpc) is 2.78. The lowest BCUT2D eigenvalue weighted by atomic mass is 10.1. The van der Waals surface area contributed by atoms with Gasteiger partial charge in [0, 0.05) is 19.3 Å². The molecular weight excluding hydrogens is 268 g/mol. The van der Waals surface area contributed by atoms with Crippen molar-refractivity contribution in [2.45, 2.75) is 6.54 Å². The minimum Gasteiger partial charge on any atom is -0.398 e. The van der Waals surface area contributed by atoms with E-state index in [2.05, 4.69) is 0 Å². The molecule has 0 unspecified atom stereocenters. The van der Waals surface area contributed by atoms with E-state index in [9.17, 15) is 4.79 Å². The zero-order valence-corrected chi connectivity index (χ0v) is 11.5. The number of thiophene rings is 1. The highest BCUT2D eigenvalue weighted by Gasteiger charge is 2.14. The predicted molar refractivity (Wildman–Crippen MR) is 76.0 cm³/mol. The molecule has 0 spiro atoms. The number of nitrogens with zero attached hydrogens (tertiary/aromatic N) is 1. The van der Waals surface area contributed by atoms with Gasteiger partial charge in [0.2, 0.25) is 0 Å². The van der Waals surface area contributed by atoms with E-state index in [1.54, 1.807) is 24.1 Å². The van der Waals surface area contributed by atoms with Crippen molar-refractivity contribution in [3.8, 4) is 0 Å². The molecule has 94 valence electrons. The van der Waals surface area contributed by atoms with Crippen LogP contribution in [0.1, 0.15) is 15.2 Å². The van der Waals surface area contributed by atoms with Crippen LogP contribution in [-0.4, -0.2) is 17.9 Å². The fourth-order valence-corrected chi connectivity index (χ4v) is 2.66. The lowest BCUT2D eigenvalue weighted by Gasteiger charge is -2.17. The molecule has 1 amide bonds. The molecule has 0 saturated heterocycles. The third-order valence-corrected chi connectivity index (χ3v) is 3.81. The second-order valence-electron chi connectivity index (χ2n) is 3.96. The first-order valence-corrected chi connectivity index (χ1v) is 6.61. The molecule has 0 saturated carbocycles. The van der Waals surface area contributed by atoms with Crippen molar-refractivity contribution in [3.63, 3.8) is 0 Å². The first-order valence-electron chi connectivity index (χ1n) is 5.42. The number of carbonyl (C=O) groups excluding carboxylic acids is 1. The molecular formula is C13H13ClN2OS. The van der Waals surface area contributed by atoms with Gasteiger partial charge in [0.15, 0.2) is 0 Å². The molecule has 0 aliphatic rings. The topological polar surface area (TPSA) is 46.3 Å². The Hall–Kier alpha value is -1.52. The van der Waals surface area contributed by atoms with Crippen molar-refractivity contribution in [2.24, 2.45) is 0 Å². The van der Waals surface area contributed by atoms with Crippen molar-refractivity contribution < 1.29 is 4.79 Å². The summed E-state index contributed by atoms with van der Waals surface area (Å²) in [6.07, 6.45) is 0. The summed E-state index contributed by atoms with van der Waals surface area (Å²) in [5, 5.41) is 0. The van der Waals surface area contributed by atoms with E-state index in [4.69, 9.17) is 17.3 Å². The summed E-state index contributed by atoms with van der Waals surface area (Å²) in [7, 11) is 1.75. The number of para-hydroxylation sites is 1. The normalized spacial score (nSPS) is 10.3. The van der Waals surface area contributed by atoms with Crippen LogP contribution in [0, 0.1) is 0 Å². The summed E-state index contributed by atoms with van der Waals surface area (Å²) < 4.78 is 0.617. The Labute approximate surface area is 115 Å². The molecule has 18 heavy (non-hydrogen) atoms. The molecule has 0 radical (unpaired) electrons. The van der Waals surface area contributed by atoms with Crippen LogP contribution < -0.4 is 5.73 Å². The van der Waals surface area contributed by atoms with Crippen LogP contribution in [0.3, 0.4) is 0 Å². The van der Waals surface area contributed by atoms with Gasteiger partial charge in [-0.05, 0) is 23.8 Å². The molecule has 0 aliphatic heterocycles. The maximum atomic E-state index is 12.1. The van der Waals surface area contributed by atoms with E-state index in [0.29, 0.717) is 21.4 Å². The van der Waals surface area contributed by atoms with Crippen molar-refractivity contribution in [1.82, 2.24) is 4.90 Å². The third kappa shape index (κ3) is 2.83. The summed E-state index contributed by atoms with van der Waals surface area (Å²) in [4.78, 5) is 14.4. The Kier molecular flexibility index (Phi) is 3.89. The maximum absolute atomic E-state index is 12.1. The van der Waals surface area contributed by atoms with Gasteiger partial charge in [-0.25, -0.2) is 0 Å². The molecule has 2 rings (SSSR count). The first-order chi connectivity index (χ1) is 8.58. The van der Waals surface area contributed by atoms with E-state index in [-0.39, 0.29) is 5.91 Å². The van der Waals surface area contributed by atoms with Gasteiger partial charge in [0.05, 0.1) is 9.21 Å². The molecule has 0 atom stereocenters. The van der Waals surface area contributed by atoms with Gasteiger partial charge in [-0.15, -0.1) is 11.3 Å². The highest BCUT2D eigenvalue weighted by Crippen LogP contribution is 2.23. The fraction of sp³-hybridized carbons (Fsp3) is 0.154. The van der Waals surface area contributed by atoms with Crippen LogP contribution in [-0.2, 0) is 6.54 Å². The molecule has 1 aromatic heterocycles. The number of hydrogen-bond acceptors (Lipinski definition) is 3. The average molecular weight is 281 g/mol. The van der Waals surface area contributed by atoms with Gasteiger partial charge in [-0.1, -0.05) is 29.8 Å². The lowest BCUT2D eigenvalue weighted by Crippen LogP contribution is -2.25. The monoisotopic (exact) mass is 280 g/mol. The van der Waals surface area contributed by atoms with E-state index in [1.165, 1.54) is 11.3 Å². The number of hydrogen-bond donors (Lipinski definition) is 1. The van der Waals surface area contributed by atoms with Gasteiger partial charge in [0.1, 0.15) is 0 Å². The minimum absolute atomic E-state index is 0.0462. The molecule has 2 N–H and O–H groups in total. The number of halogens is 1. The van der Waals surface area contributed by atoms with Gasteiger partial charge < -0.3 is 10.6 Å². The number of nitrogen functional groups attached to an aromatic ring is 1. The summed E-state index contributed by atoms with van der Waals surface area (Å²) in [6.45, 7) is 0.487. The highest BCUT2D eigenvalue weighted by atomic mass is 35.5. The smallest absolute Gasteiger partial charge is 0.264 e. The Balaban J connectivity index is 2.11. The van der Waals surface area contributed by atoms with Crippen LogP contribution in [0.25, 0.3) is 0 Å². The second kappa shape index (κ2) is 5.42. The fourth-order valence-electron chi connectivity index (χ4n) is 1.62. The third-order valence-electron chi connectivity index (χ3n) is 2.59. The highest BCUT2D eigenvalue weighted by molar-refractivity contribution is 7.17. The molecule has 0 fully saturated rings. The number of amides is 1. The minimum atomic E-state index is -0.0462. The number of rotatable bonds is 3. The Bertz CT molecular complexity index is 568. The van der Waals surface area contributed by atoms with Crippen molar-refractivity contribution in [3.05, 3.63) is 51.2 Å². The van der Waals surface area contributed by atoms with Gasteiger partial charge in [-0.2, -0.15) is 0 Å². The predicted octanol–water partition coefficient (Wildman–Crippen LogP) is 3.26. The summed E-state index contributed by atoms with van der Waals surface area (Å²) in [5.74, 6) is -0.0462. The van der Waals surface area contributed by atoms with Crippen LogP contribution in [0.4, 0.5) is 5.69 Å². The van der Waals surface area contributed by atoms with Crippen molar-refractivity contribution >= 4 is 34.5 Å². The molecule has 2 aromatic rings. The molecule has 5 heteroatoms. The Morgan fingerprint density at radius 3 is 2.67 bits per heavy atom. The van der Waals surface area contributed by atoms with E-state index >= 15 is 0 Å². The Morgan fingerprint density at radius 1 is 1.33 bits per heavy atom. The SMILES string of the molecule is CN(Cc1ccccc1N)C(=O)c1ccc(Cl)s1. The van der Waals surface area contributed by atoms with E-state index < -0.39 is 0 Å². The van der Waals surface area contributed by atoms with E-state index in [0.717, 1.165) is 5.56 Å². The van der Waals surface area contributed by atoms with Crippen LogP contribution in [0.15, 0.2) is 36.4 Å². The summed E-state index contributed by atoms with van der Waals surface area (Å²) in [5.41, 5.74) is 7.49. The van der Waals surface area contributed by atoms with Gasteiger partial charge in [0.25, 0.3) is 5.91 Å². The van der Waals surface area contributed by atoms with Crippen LogP contribution >= 0.6 is 22.9 Å². The van der Waals surface area contributed by atoms with Crippen LogP contribution in [0.2, 0.25) is 4.34 Å².